The van der Waals surface area contributed by atoms with E-state index in [0.29, 0.717) is 12.1 Å². The largest absolute Gasteiger partial charge is 0.416 e. The van der Waals surface area contributed by atoms with Crippen LogP contribution in [-0.4, -0.2) is 76.6 Å². The Kier molecular flexibility index (Phi) is 15.2. The number of carbonyl (C=O) groups is 4. The Balaban J connectivity index is 1.92. The van der Waals surface area contributed by atoms with Crippen molar-refractivity contribution in [2.75, 3.05) is 30.7 Å². The summed E-state index contributed by atoms with van der Waals surface area (Å²) in [6.07, 6.45) is -3.55. The lowest BCUT2D eigenvalue weighted by Gasteiger charge is -2.26. The van der Waals surface area contributed by atoms with Gasteiger partial charge in [0, 0.05) is 37.3 Å². The van der Waals surface area contributed by atoms with Crippen molar-refractivity contribution in [2.24, 2.45) is 5.92 Å². The molecular weight excluding hydrogens is 726 g/mol. The molecule has 0 saturated heterocycles. The number of anilines is 1. The summed E-state index contributed by atoms with van der Waals surface area (Å²) in [5.74, 6) is -2.33. The molecule has 0 aliphatic heterocycles. The third-order valence-electron chi connectivity index (χ3n) is 8.71. The number of alkyl halides is 3. The van der Waals surface area contributed by atoms with Crippen LogP contribution in [0.3, 0.4) is 0 Å². The molecule has 0 saturated carbocycles. The van der Waals surface area contributed by atoms with Gasteiger partial charge in [-0.1, -0.05) is 56.3 Å². The highest BCUT2D eigenvalue weighted by Gasteiger charge is 2.30. The molecule has 16 heteroatoms. The van der Waals surface area contributed by atoms with Crippen molar-refractivity contribution in [1.82, 2.24) is 26.6 Å². The molecule has 3 aromatic carbocycles. The third kappa shape index (κ3) is 12.6. The number of benzene rings is 3. The fourth-order valence-corrected chi connectivity index (χ4v) is 5.91. The minimum Gasteiger partial charge on any atom is -0.355 e. The van der Waals surface area contributed by atoms with Gasteiger partial charge in [-0.2, -0.15) is 13.2 Å². The number of nitrogens with one attached hydrogen (secondary N) is 5. The first-order valence-electron chi connectivity index (χ1n) is 17.4. The average Bonchev–Trinajstić information content (AvgIpc) is 3.11. The maximum Gasteiger partial charge on any atom is 0.416 e. The maximum absolute atomic E-state index is 13.9. The molecule has 4 atom stereocenters. The molecule has 0 bridgehead atoms. The van der Waals surface area contributed by atoms with E-state index in [0.717, 1.165) is 28.3 Å². The molecule has 3 aromatic rings. The standard InChI is InChI=1S/C38H49F3N6O6S/c1-8-42-37(51)33(23(2)3)46-34(48)25(5)43-22-31(18-26-14-16-30(17-15-26)38(39,40)41)45-36(50)29-19-28(20-32(21-29)47(6)54(7,52)53)35(49)44-24(4)27-12-10-9-11-13-27/h9-17,19-21,23-25,31,33,43H,8,18,22H2,1-7H3,(H,42,51)(H,44,49)(H,45,50)(H,46,48)/t24-,25+,31+,33+/m1/s1. The number of likely N-dealkylation sites (N-methyl/N-ethyl adjacent to an activating group) is 1. The molecule has 294 valence electrons. The van der Waals surface area contributed by atoms with Gasteiger partial charge in [-0.25, -0.2) is 8.42 Å². The average molecular weight is 775 g/mol. The molecule has 5 N–H and O–H groups in total. The highest BCUT2D eigenvalue weighted by molar-refractivity contribution is 7.92. The van der Waals surface area contributed by atoms with Crippen LogP contribution in [0.1, 0.15) is 78.1 Å². The number of hydrogen-bond acceptors (Lipinski definition) is 7. The predicted octanol–water partition coefficient (Wildman–Crippen LogP) is 4.19. The summed E-state index contributed by atoms with van der Waals surface area (Å²) < 4.78 is 65.7. The van der Waals surface area contributed by atoms with Crippen molar-refractivity contribution in [2.45, 2.75) is 71.4 Å². The van der Waals surface area contributed by atoms with Gasteiger partial charge < -0.3 is 26.6 Å². The SMILES string of the molecule is CCNC(=O)[C@@H](NC(=O)[C@H](C)NC[C@H](Cc1ccc(C(F)(F)F)cc1)NC(=O)c1cc(C(=O)N[C@H](C)c2ccccc2)cc(N(C)S(C)(=O)=O)c1)C(C)C. The lowest BCUT2D eigenvalue weighted by Crippen LogP contribution is -2.55. The zero-order valence-electron chi connectivity index (χ0n) is 31.4. The molecule has 0 radical (unpaired) electrons. The predicted molar refractivity (Wildman–Crippen MR) is 201 cm³/mol. The van der Waals surface area contributed by atoms with E-state index in [1.165, 1.54) is 37.4 Å². The Hall–Kier alpha value is -4.96. The first-order chi connectivity index (χ1) is 25.2. The normalized spacial score (nSPS) is 14.0. The minimum atomic E-state index is -4.55. The Bertz CT molecular complexity index is 1870. The number of amides is 4. The van der Waals surface area contributed by atoms with Crippen molar-refractivity contribution in [3.05, 3.63) is 101 Å². The Morgan fingerprint density at radius 1 is 0.796 bits per heavy atom. The summed E-state index contributed by atoms with van der Waals surface area (Å²) in [6.45, 7) is 9.01. The zero-order chi connectivity index (χ0) is 40.4. The van der Waals surface area contributed by atoms with Crippen LogP contribution in [0.25, 0.3) is 0 Å². The number of carbonyl (C=O) groups excluding carboxylic acids is 4. The Morgan fingerprint density at radius 3 is 1.89 bits per heavy atom. The van der Waals surface area contributed by atoms with E-state index in [1.807, 2.05) is 30.3 Å². The minimum absolute atomic E-state index is 0.00505. The molecule has 0 aromatic heterocycles. The van der Waals surface area contributed by atoms with E-state index in [1.54, 1.807) is 34.6 Å². The van der Waals surface area contributed by atoms with Crippen molar-refractivity contribution < 1.29 is 40.8 Å². The Labute approximate surface area is 314 Å². The van der Waals surface area contributed by atoms with E-state index in [4.69, 9.17) is 0 Å². The highest BCUT2D eigenvalue weighted by Crippen LogP contribution is 2.29. The molecule has 0 heterocycles. The van der Waals surface area contributed by atoms with Gasteiger partial charge in [0.05, 0.1) is 29.6 Å². The van der Waals surface area contributed by atoms with Crippen molar-refractivity contribution in [1.29, 1.82) is 0 Å². The monoisotopic (exact) mass is 774 g/mol. The molecule has 12 nitrogen and oxygen atoms in total. The molecule has 0 aliphatic rings. The second-order valence-electron chi connectivity index (χ2n) is 13.4. The summed E-state index contributed by atoms with van der Waals surface area (Å²) in [5, 5.41) is 14.2. The molecule has 0 unspecified atom stereocenters. The highest BCUT2D eigenvalue weighted by atomic mass is 32.2. The van der Waals surface area contributed by atoms with Crippen LogP contribution in [0.15, 0.2) is 72.8 Å². The molecule has 54 heavy (non-hydrogen) atoms. The number of rotatable bonds is 17. The van der Waals surface area contributed by atoms with Crippen LogP contribution in [0.2, 0.25) is 0 Å². The maximum atomic E-state index is 13.9. The van der Waals surface area contributed by atoms with Crippen LogP contribution in [-0.2, 0) is 32.2 Å². The van der Waals surface area contributed by atoms with Gasteiger partial charge in [0.2, 0.25) is 21.8 Å². The van der Waals surface area contributed by atoms with E-state index < -0.39 is 63.7 Å². The molecule has 3 rings (SSSR count). The number of sulfonamides is 1. The molecule has 0 aliphatic carbocycles. The third-order valence-corrected chi connectivity index (χ3v) is 9.92. The second kappa shape index (κ2) is 18.9. The number of nitrogens with zero attached hydrogens (tertiary/aromatic N) is 1. The summed E-state index contributed by atoms with van der Waals surface area (Å²) in [7, 11) is -2.54. The van der Waals surface area contributed by atoms with E-state index in [-0.39, 0.29) is 41.6 Å². The number of halogens is 3. The van der Waals surface area contributed by atoms with Gasteiger partial charge in [-0.05, 0) is 74.6 Å². The summed E-state index contributed by atoms with van der Waals surface area (Å²) >= 11 is 0. The fraction of sp³-hybridized carbons (Fsp3) is 0.421. The quantitative estimate of drug-likeness (QED) is 0.137. The van der Waals surface area contributed by atoms with Crippen LogP contribution in [0.4, 0.5) is 18.9 Å². The van der Waals surface area contributed by atoms with E-state index >= 15 is 0 Å². The summed E-state index contributed by atoms with van der Waals surface area (Å²) in [5.41, 5.74) is 0.400. The molecule has 0 fully saturated rings. The number of hydrogen-bond donors (Lipinski definition) is 5. The van der Waals surface area contributed by atoms with Crippen LogP contribution in [0.5, 0.6) is 0 Å². The van der Waals surface area contributed by atoms with Gasteiger partial charge in [0.1, 0.15) is 6.04 Å². The van der Waals surface area contributed by atoms with Crippen LogP contribution >= 0.6 is 0 Å². The second-order valence-corrected chi connectivity index (χ2v) is 15.4. The van der Waals surface area contributed by atoms with Gasteiger partial charge in [0.25, 0.3) is 11.8 Å². The first kappa shape index (κ1) is 43.4. The van der Waals surface area contributed by atoms with Gasteiger partial charge in [-0.3, -0.25) is 23.5 Å². The summed E-state index contributed by atoms with van der Waals surface area (Å²) in [6, 6.07) is 14.6. The lowest BCUT2D eigenvalue weighted by molar-refractivity contribution is -0.137. The zero-order valence-corrected chi connectivity index (χ0v) is 32.2. The summed E-state index contributed by atoms with van der Waals surface area (Å²) in [4.78, 5) is 53.0. The van der Waals surface area contributed by atoms with Crippen molar-refractivity contribution in [3.63, 3.8) is 0 Å². The van der Waals surface area contributed by atoms with Crippen molar-refractivity contribution in [3.8, 4) is 0 Å². The molecular formula is C38H49F3N6O6S. The van der Waals surface area contributed by atoms with Crippen molar-refractivity contribution >= 4 is 39.3 Å². The van der Waals surface area contributed by atoms with Gasteiger partial charge in [-0.15, -0.1) is 0 Å². The van der Waals surface area contributed by atoms with Gasteiger partial charge >= 0.3 is 6.18 Å². The fourth-order valence-electron chi connectivity index (χ4n) is 5.42. The molecule has 4 amide bonds. The smallest absolute Gasteiger partial charge is 0.355 e. The molecule has 0 spiro atoms. The topological polar surface area (TPSA) is 166 Å². The van der Waals surface area contributed by atoms with E-state index in [2.05, 4.69) is 26.6 Å². The van der Waals surface area contributed by atoms with Gasteiger partial charge in [0.15, 0.2) is 0 Å². The van der Waals surface area contributed by atoms with Crippen LogP contribution in [0, 0.1) is 5.92 Å². The first-order valence-corrected chi connectivity index (χ1v) is 19.3. The van der Waals surface area contributed by atoms with E-state index in [9.17, 15) is 40.8 Å². The lowest BCUT2D eigenvalue weighted by atomic mass is 10.0. The van der Waals surface area contributed by atoms with Crippen LogP contribution < -0.4 is 30.9 Å². The Morgan fingerprint density at radius 2 is 1.37 bits per heavy atom.